The molecule has 0 aliphatic carbocycles. The van der Waals surface area contributed by atoms with Gasteiger partial charge in [-0.05, 0) is 50.6 Å². The SMILES string of the molecule is Cc1ccc(Cn2nc(C)c(NC(=O)c3cc(-c4ccc(O)cc4)on3)c2C)cc1. The molecule has 0 aliphatic rings. The number of rotatable bonds is 5. The highest BCUT2D eigenvalue weighted by atomic mass is 16.5. The van der Waals surface area contributed by atoms with Gasteiger partial charge in [0.05, 0.1) is 23.6 Å². The second-order valence-electron chi connectivity index (χ2n) is 7.27. The van der Waals surface area contributed by atoms with Crippen molar-refractivity contribution in [1.82, 2.24) is 14.9 Å². The molecule has 2 aromatic carbocycles. The first-order valence-electron chi connectivity index (χ1n) is 9.58. The van der Waals surface area contributed by atoms with E-state index in [-0.39, 0.29) is 17.4 Å². The molecule has 0 spiro atoms. The van der Waals surface area contributed by atoms with Crippen LogP contribution in [0.2, 0.25) is 0 Å². The zero-order valence-electron chi connectivity index (χ0n) is 17.0. The number of phenolic OH excluding ortho intramolecular Hbond substituents is 1. The van der Waals surface area contributed by atoms with Gasteiger partial charge < -0.3 is 14.9 Å². The van der Waals surface area contributed by atoms with Crippen LogP contribution in [0.3, 0.4) is 0 Å². The summed E-state index contributed by atoms with van der Waals surface area (Å²) >= 11 is 0. The van der Waals surface area contributed by atoms with Crippen molar-refractivity contribution in [3.05, 3.63) is 82.8 Å². The summed E-state index contributed by atoms with van der Waals surface area (Å²) in [4.78, 5) is 12.7. The molecule has 0 atom stereocenters. The molecular weight excluding hydrogens is 380 g/mol. The Morgan fingerprint density at radius 3 is 2.47 bits per heavy atom. The number of carbonyl (C=O) groups excluding carboxylic acids is 1. The summed E-state index contributed by atoms with van der Waals surface area (Å²) in [5, 5.41) is 20.7. The summed E-state index contributed by atoms with van der Waals surface area (Å²) in [5.74, 6) is 0.235. The average molecular weight is 402 g/mol. The van der Waals surface area contributed by atoms with Crippen LogP contribution in [0.4, 0.5) is 5.69 Å². The van der Waals surface area contributed by atoms with Crippen LogP contribution in [0.25, 0.3) is 11.3 Å². The number of hydrogen-bond acceptors (Lipinski definition) is 5. The Morgan fingerprint density at radius 2 is 1.77 bits per heavy atom. The van der Waals surface area contributed by atoms with E-state index in [1.807, 2.05) is 18.5 Å². The standard InChI is InChI=1S/C23H22N4O3/c1-14-4-6-17(7-5-14)13-27-16(3)22(15(2)25-27)24-23(29)20-12-21(30-26-20)18-8-10-19(28)11-9-18/h4-12,28H,13H2,1-3H3,(H,24,29). The summed E-state index contributed by atoms with van der Waals surface area (Å²) in [6.07, 6.45) is 0. The molecule has 0 bridgehead atoms. The highest BCUT2D eigenvalue weighted by Gasteiger charge is 2.19. The van der Waals surface area contributed by atoms with Gasteiger partial charge in [0.25, 0.3) is 5.91 Å². The summed E-state index contributed by atoms with van der Waals surface area (Å²) < 4.78 is 7.17. The van der Waals surface area contributed by atoms with Crippen molar-refractivity contribution in [2.75, 3.05) is 5.32 Å². The van der Waals surface area contributed by atoms with Crippen LogP contribution in [0.5, 0.6) is 5.75 Å². The fourth-order valence-electron chi connectivity index (χ4n) is 3.22. The molecule has 7 nitrogen and oxygen atoms in total. The second-order valence-corrected chi connectivity index (χ2v) is 7.27. The number of aromatic hydroxyl groups is 1. The molecule has 2 heterocycles. The Morgan fingerprint density at radius 1 is 1.07 bits per heavy atom. The Bertz CT molecular complexity index is 1190. The largest absolute Gasteiger partial charge is 0.508 e. The lowest BCUT2D eigenvalue weighted by Crippen LogP contribution is -2.13. The first-order valence-corrected chi connectivity index (χ1v) is 9.58. The molecule has 2 aromatic heterocycles. The van der Waals surface area contributed by atoms with Crippen LogP contribution in [-0.4, -0.2) is 26.0 Å². The predicted molar refractivity (Wildman–Crippen MR) is 114 cm³/mol. The summed E-state index contributed by atoms with van der Waals surface area (Å²) in [6.45, 7) is 6.46. The van der Waals surface area contributed by atoms with E-state index < -0.39 is 0 Å². The fourth-order valence-corrected chi connectivity index (χ4v) is 3.22. The Kier molecular flexibility index (Phi) is 5.10. The average Bonchev–Trinajstić information content (AvgIpc) is 3.32. The number of aryl methyl sites for hydroxylation is 2. The van der Waals surface area contributed by atoms with E-state index in [1.54, 1.807) is 30.3 Å². The van der Waals surface area contributed by atoms with E-state index in [4.69, 9.17) is 4.52 Å². The van der Waals surface area contributed by atoms with Crippen LogP contribution in [0, 0.1) is 20.8 Å². The van der Waals surface area contributed by atoms with E-state index in [9.17, 15) is 9.90 Å². The highest BCUT2D eigenvalue weighted by molar-refractivity contribution is 6.03. The molecule has 152 valence electrons. The molecule has 1 amide bonds. The van der Waals surface area contributed by atoms with Gasteiger partial charge in [-0.3, -0.25) is 9.48 Å². The quantitative estimate of drug-likeness (QED) is 0.514. The Balaban J connectivity index is 1.51. The molecule has 0 unspecified atom stereocenters. The van der Waals surface area contributed by atoms with E-state index in [2.05, 4.69) is 46.8 Å². The molecule has 4 rings (SSSR count). The molecule has 0 saturated heterocycles. The molecule has 4 aromatic rings. The first kappa shape index (κ1) is 19.4. The maximum atomic E-state index is 12.7. The third kappa shape index (κ3) is 3.96. The topological polar surface area (TPSA) is 93.2 Å². The van der Waals surface area contributed by atoms with Gasteiger partial charge in [-0.15, -0.1) is 0 Å². The first-order chi connectivity index (χ1) is 14.4. The van der Waals surface area contributed by atoms with Crippen LogP contribution in [0.15, 0.2) is 59.1 Å². The van der Waals surface area contributed by atoms with E-state index in [0.29, 0.717) is 18.0 Å². The number of aromatic nitrogens is 3. The number of nitrogens with one attached hydrogen (secondary N) is 1. The molecule has 2 N–H and O–H groups in total. The number of hydrogen-bond donors (Lipinski definition) is 2. The van der Waals surface area contributed by atoms with Crippen molar-refractivity contribution in [2.24, 2.45) is 0 Å². The fraction of sp³-hybridized carbons (Fsp3) is 0.174. The lowest BCUT2D eigenvalue weighted by molar-refractivity contribution is 0.101. The molecule has 0 aliphatic heterocycles. The smallest absolute Gasteiger partial charge is 0.277 e. The minimum Gasteiger partial charge on any atom is -0.508 e. The van der Waals surface area contributed by atoms with Gasteiger partial charge >= 0.3 is 0 Å². The molecule has 0 radical (unpaired) electrons. The van der Waals surface area contributed by atoms with Crippen LogP contribution in [-0.2, 0) is 6.54 Å². The van der Waals surface area contributed by atoms with Crippen molar-refractivity contribution < 1.29 is 14.4 Å². The van der Waals surface area contributed by atoms with Gasteiger partial charge in [-0.2, -0.15) is 5.10 Å². The number of anilines is 1. The highest BCUT2D eigenvalue weighted by Crippen LogP contribution is 2.25. The normalized spacial score (nSPS) is 10.9. The van der Waals surface area contributed by atoms with Gasteiger partial charge in [-0.1, -0.05) is 35.0 Å². The number of phenols is 1. The number of carbonyl (C=O) groups is 1. The molecule has 7 heteroatoms. The van der Waals surface area contributed by atoms with Crippen molar-refractivity contribution in [3.8, 4) is 17.1 Å². The zero-order chi connectivity index (χ0) is 21.3. The van der Waals surface area contributed by atoms with E-state index in [1.165, 1.54) is 5.56 Å². The minimum atomic E-state index is -0.370. The van der Waals surface area contributed by atoms with E-state index >= 15 is 0 Å². The van der Waals surface area contributed by atoms with Crippen LogP contribution >= 0.6 is 0 Å². The maximum absolute atomic E-state index is 12.7. The molecular formula is C23H22N4O3. The van der Waals surface area contributed by atoms with Gasteiger partial charge in [0.2, 0.25) is 0 Å². The third-order valence-electron chi connectivity index (χ3n) is 4.97. The van der Waals surface area contributed by atoms with Gasteiger partial charge in [0, 0.05) is 11.6 Å². The van der Waals surface area contributed by atoms with Gasteiger partial charge in [-0.25, -0.2) is 0 Å². The number of benzene rings is 2. The summed E-state index contributed by atoms with van der Waals surface area (Å²) in [6, 6.07) is 16.3. The number of nitrogens with zero attached hydrogens (tertiary/aromatic N) is 3. The van der Waals surface area contributed by atoms with E-state index in [0.717, 1.165) is 22.5 Å². The lowest BCUT2D eigenvalue weighted by Gasteiger charge is -2.07. The molecule has 0 fully saturated rings. The molecule has 30 heavy (non-hydrogen) atoms. The monoisotopic (exact) mass is 402 g/mol. The zero-order valence-corrected chi connectivity index (χ0v) is 17.0. The molecule has 0 saturated carbocycles. The minimum absolute atomic E-state index is 0.157. The van der Waals surface area contributed by atoms with Crippen molar-refractivity contribution in [2.45, 2.75) is 27.3 Å². The van der Waals surface area contributed by atoms with Crippen molar-refractivity contribution >= 4 is 11.6 Å². The second kappa shape index (κ2) is 7.87. The Labute approximate surface area is 174 Å². The van der Waals surface area contributed by atoms with Crippen molar-refractivity contribution in [1.29, 1.82) is 0 Å². The Hall–Kier alpha value is -3.87. The summed E-state index contributed by atoms with van der Waals surface area (Å²) in [5.41, 5.74) is 5.50. The predicted octanol–water partition coefficient (Wildman–Crippen LogP) is 4.47. The lowest BCUT2D eigenvalue weighted by atomic mass is 10.1. The summed E-state index contributed by atoms with van der Waals surface area (Å²) in [7, 11) is 0. The van der Waals surface area contributed by atoms with Crippen LogP contribution in [0.1, 0.15) is 33.0 Å². The maximum Gasteiger partial charge on any atom is 0.277 e. The van der Waals surface area contributed by atoms with Crippen molar-refractivity contribution in [3.63, 3.8) is 0 Å². The third-order valence-corrected chi connectivity index (χ3v) is 4.97. The van der Waals surface area contributed by atoms with Gasteiger partial charge in [0.15, 0.2) is 11.5 Å². The van der Waals surface area contributed by atoms with Gasteiger partial charge in [0.1, 0.15) is 5.75 Å². The number of amides is 1. The van der Waals surface area contributed by atoms with Crippen LogP contribution < -0.4 is 5.32 Å².